The van der Waals surface area contributed by atoms with Crippen LogP contribution in [-0.4, -0.2) is 12.1 Å². The van der Waals surface area contributed by atoms with Gasteiger partial charge in [0.25, 0.3) is 0 Å². The van der Waals surface area contributed by atoms with Gasteiger partial charge in [0.05, 0.1) is 0 Å². The van der Waals surface area contributed by atoms with Crippen LogP contribution in [0.25, 0.3) is 0 Å². The summed E-state index contributed by atoms with van der Waals surface area (Å²) in [6, 6.07) is 10.7. The highest BCUT2D eigenvalue weighted by Crippen LogP contribution is 2.34. The maximum atomic E-state index is 3.43. The Hall–Kier alpha value is -0.820. The molecule has 1 aromatic carbocycles. The highest BCUT2D eigenvalue weighted by atomic mass is 15.1. The van der Waals surface area contributed by atoms with E-state index < -0.39 is 0 Å². The standard InChI is InChI=1S/C11H15N/c1-11(2)10(8-12-11)9-6-4-3-5-7-9/h3-7,10,12H,8H2,1-2H3. The smallest absolute Gasteiger partial charge is 0.0206 e. The first kappa shape index (κ1) is 7.81. The first-order chi connectivity index (χ1) is 5.70. The van der Waals surface area contributed by atoms with E-state index >= 15 is 0 Å². The molecule has 1 nitrogen and oxygen atoms in total. The zero-order chi connectivity index (χ0) is 8.60. The summed E-state index contributed by atoms with van der Waals surface area (Å²) in [5, 5.41) is 3.43. The zero-order valence-corrected chi connectivity index (χ0v) is 7.67. The molecular weight excluding hydrogens is 146 g/mol. The predicted molar refractivity (Wildman–Crippen MR) is 51.3 cm³/mol. The Morgan fingerprint density at radius 1 is 1.25 bits per heavy atom. The lowest BCUT2D eigenvalue weighted by atomic mass is 9.75. The van der Waals surface area contributed by atoms with E-state index in [0.29, 0.717) is 11.5 Å². The molecule has 0 aliphatic carbocycles. The lowest BCUT2D eigenvalue weighted by Gasteiger charge is -2.46. The largest absolute Gasteiger partial charge is 0.310 e. The summed E-state index contributed by atoms with van der Waals surface area (Å²) < 4.78 is 0. The molecule has 1 heterocycles. The molecule has 0 amide bonds. The first-order valence-corrected chi connectivity index (χ1v) is 4.50. The molecule has 1 unspecified atom stereocenters. The third-order valence-corrected chi connectivity index (χ3v) is 2.83. The van der Waals surface area contributed by atoms with Crippen molar-refractivity contribution in [3.8, 4) is 0 Å². The Balaban J connectivity index is 2.22. The molecule has 0 bridgehead atoms. The van der Waals surface area contributed by atoms with Gasteiger partial charge in [-0.3, -0.25) is 0 Å². The van der Waals surface area contributed by atoms with Gasteiger partial charge in [0.1, 0.15) is 0 Å². The predicted octanol–water partition coefficient (Wildman–Crippen LogP) is 2.15. The van der Waals surface area contributed by atoms with Crippen molar-refractivity contribution < 1.29 is 0 Å². The second kappa shape index (κ2) is 2.60. The quantitative estimate of drug-likeness (QED) is 0.665. The highest BCUT2D eigenvalue weighted by molar-refractivity contribution is 5.27. The molecule has 1 fully saturated rings. The molecule has 1 aliphatic rings. The molecule has 1 aliphatic heterocycles. The summed E-state index contributed by atoms with van der Waals surface area (Å²) in [6.07, 6.45) is 0. The molecule has 0 saturated carbocycles. The van der Waals surface area contributed by atoms with Crippen LogP contribution >= 0.6 is 0 Å². The molecule has 64 valence electrons. The van der Waals surface area contributed by atoms with Crippen LogP contribution in [0, 0.1) is 0 Å². The SMILES string of the molecule is CC1(C)NCC1c1ccccc1. The average molecular weight is 161 g/mol. The summed E-state index contributed by atoms with van der Waals surface area (Å²) in [4.78, 5) is 0. The van der Waals surface area contributed by atoms with Gasteiger partial charge >= 0.3 is 0 Å². The van der Waals surface area contributed by atoms with Gasteiger partial charge in [-0.05, 0) is 19.4 Å². The monoisotopic (exact) mass is 161 g/mol. The van der Waals surface area contributed by atoms with E-state index in [-0.39, 0.29) is 0 Å². The number of hydrogen-bond acceptors (Lipinski definition) is 1. The van der Waals surface area contributed by atoms with Crippen LogP contribution in [0.3, 0.4) is 0 Å². The van der Waals surface area contributed by atoms with E-state index in [9.17, 15) is 0 Å². The van der Waals surface area contributed by atoms with E-state index in [4.69, 9.17) is 0 Å². The van der Waals surface area contributed by atoms with Crippen LogP contribution in [-0.2, 0) is 0 Å². The van der Waals surface area contributed by atoms with Crippen molar-refractivity contribution in [2.45, 2.75) is 25.3 Å². The van der Waals surface area contributed by atoms with Gasteiger partial charge in [0.2, 0.25) is 0 Å². The minimum absolute atomic E-state index is 0.293. The van der Waals surface area contributed by atoms with Gasteiger partial charge in [-0.2, -0.15) is 0 Å². The van der Waals surface area contributed by atoms with Gasteiger partial charge in [-0.25, -0.2) is 0 Å². The Kier molecular flexibility index (Phi) is 1.69. The van der Waals surface area contributed by atoms with Crippen molar-refractivity contribution in [2.24, 2.45) is 0 Å². The summed E-state index contributed by atoms with van der Waals surface area (Å²) >= 11 is 0. The molecule has 2 rings (SSSR count). The molecule has 1 heteroatoms. The molecule has 0 radical (unpaired) electrons. The maximum Gasteiger partial charge on any atom is 0.0206 e. The van der Waals surface area contributed by atoms with Crippen LogP contribution in [0.1, 0.15) is 25.3 Å². The Bertz CT molecular complexity index is 264. The fraction of sp³-hybridized carbons (Fsp3) is 0.455. The van der Waals surface area contributed by atoms with Crippen molar-refractivity contribution in [3.63, 3.8) is 0 Å². The van der Waals surface area contributed by atoms with Crippen molar-refractivity contribution in [1.82, 2.24) is 5.32 Å². The van der Waals surface area contributed by atoms with Crippen molar-refractivity contribution >= 4 is 0 Å². The van der Waals surface area contributed by atoms with Crippen LogP contribution in [0.4, 0.5) is 0 Å². The first-order valence-electron chi connectivity index (χ1n) is 4.50. The van der Waals surface area contributed by atoms with E-state index in [1.165, 1.54) is 5.56 Å². The van der Waals surface area contributed by atoms with Crippen molar-refractivity contribution in [2.75, 3.05) is 6.54 Å². The topological polar surface area (TPSA) is 12.0 Å². The third kappa shape index (κ3) is 1.14. The lowest BCUT2D eigenvalue weighted by molar-refractivity contribution is 0.208. The van der Waals surface area contributed by atoms with Crippen LogP contribution in [0.2, 0.25) is 0 Å². The van der Waals surface area contributed by atoms with Gasteiger partial charge in [0, 0.05) is 18.0 Å². The molecule has 12 heavy (non-hydrogen) atoms. The Labute approximate surface area is 73.8 Å². The number of benzene rings is 1. The van der Waals surface area contributed by atoms with Crippen LogP contribution in [0.15, 0.2) is 30.3 Å². The van der Waals surface area contributed by atoms with Crippen molar-refractivity contribution in [1.29, 1.82) is 0 Å². The molecule has 1 saturated heterocycles. The summed E-state index contributed by atoms with van der Waals surface area (Å²) in [7, 11) is 0. The second-order valence-corrected chi connectivity index (χ2v) is 4.07. The summed E-state index contributed by atoms with van der Waals surface area (Å²) in [6.45, 7) is 5.64. The minimum Gasteiger partial charge on any atom is -0.310 e. The number of nitrogens with one attached hydrogen (secondary N) is 1. The average Bonchev–Trinajstić information content (AvgIpc) is 2.05. The van der Waals surface area contributed by atoms with E-state index in [0.717, 1.165) is 6.54 Å². The summed E-state index contributed by atoms with van der Waals surface area (Å²) in [5.74, 6) is 0.693. The number of rotatable bonds is 1. The van der Waals surface area contributed by atoms with Gasteiger partial charge in [0.15, 0.2) is 0 Å². The lowest BCUT2D eigenvalue weighted by Crippen LogP contribution is -2.59. The minimum atomic E-state index is 0.293. The fourth-order valence-corrected chi connectivity index (χ4v) is 1.83. The fourth-order valence-electron chi connectivity index (χ4n) is 1.83. The van der Waals surface area contributed by atoms with Gasteiger partial charge in [-0.1, -0.05) is 30.3 Å². The van der Waals surface area contributed by atoms with E-state index in [2.05, 4.69) is 49.5 Å². The zero-order valence-electron chi connectivity index (χ0n) is 7.67. The molecule has 1 N–H and O–H groups in total. The third-order valence-electron chi connectivity index (χ3n) is 2.83. The van der Waals surface area contributed by atoms with Crippen LogP contribution < -0.4 is 5.32 Å². The second-order valence-electron chi connectivity index (χ2n) is 4.07. The Morgan fingerprint density at radius 2 is 1.92 bits per heavy atom. The normalized spacial score (nSPS) is 26.3. The molecule has 0 spiro atoms. The molecule has 1 aromatic rings. The van der Waals surface area contributed by atoms with Gasteiger partial charge < -0.3 is 5.32 Å². The molecule has 1 atom stereocenters. The number of hydrogen-bond donors (Lipinski definition) is 1. The molecular formula is C11H15N. The van der Waals surface area contributed by atoms with Crippen molar-refractivity contribution in [3.05, 3.63) is 35.9 Å². The Morgan fingerprint density at radius 3 is 2.33 bits per heavy atom. The van der Waals surface area contributed by atoms with E-state index in [1.807, 2.05) is 0 Å². The van der Waals surface area contributed by atoms with Gasteiger partial charge in [-0.15, -0.1) is 0 Å². The van der Waals surface area contributed by atoms with Crippen LogP contribution in [0.5, 0.6) is 0 Å². The van der Waals surface area contributed by atoms with E-state index in [1.54, 1.807) is 0 Å². The molecule has 0 aromatic heterocycles. The maximum absolute atomic E-state index is 3.43. The highest BCUT2D eigenvalue weighted by Gasteiger charge is 2.38. The summed E-state index contributed by atoms with van der Waals surface area (Å²) in [5.41, 5.74) is 1.75.